The van der Waals surface area contributed by atoms with E-state index in [-0.39, 0.29) is 18.4 Å². The van der Waals surface area contributed by atoms with Crippen LogP contribution in [-0.2, 0) is 0 Å². The highest BCUT2D eigenvalue weighted by Gasteiger charge is 2.27. The minimum absolute atomic E-state index is 0. The zero-order chi connectivity index (χ0) is 12.4. The van der Waals surface area contributed by atoms with Crippen molar-refractivity contribution in [2.75, 3.05) is 20.1 Å². The molecule has 1 heterocycles. The molecular formula is C13H19ClF2N2. The molecule has 1 aromatic rings. The molecule has 18 heavy (non-hydrogen) atoms. The molecule has 2 unspecified atom stereocenters. The van der Waals surface area contributed by atoms with Crippen LogP contribution in [0.4, 0.5) is 8.78 Å². The summed E-state index contributed by atoms with van der Waals surface area (Å²) >= 11 is 0. The Hall–Kier alpha value is -0.710. The maximum absolute atomic E-state index is 13.7. The second-order valence-corrected chi connectivity index (χ2v) is 4.61. The van der Waals surface area contributed by atoms with Crippen LogP contribution < -0.4 is 5.32 Å². The van der Waals surface area contributed by atoms with Crippen LogP contribution in [0, 0.1) is 11.6 Å². The smallest absolute Gasteiger partial charge is 0.130 e. The molecule has 0 aliphatic carbocycles. The average Bonchev–Trinajstić information content (AvgIpc) is 2.76. The zero-order valence-electron chi connectivity index (χ0n) is 10.6. The molecule has 1 aliphatic heterocycles. The fraction of sp³-hybridized carbons (Fsp3) is 0.538. The van der Waals surface area contributed by atoms with Gasteiger partial charge in [-0.05, 0) is 26.5 Å². The zero-order valence-corrected chi connectivity index (χ0v) is 11.4. The van der Waals surface area contributed by atoms with E-state index in [4.69, 9.17) is 0 Å². The summed E-state index contributed by atoms with van der Waals surface area (Å²) in [5.41, 5.74) is 0.572. The average molecular weight is 277 g/mol. The number of hydrogen-bond donors (Lipinski definition) is 1. The molecule has 0 aromatic heterocycles. The Bertz CT molecular complexity index is 401. The molecule has 1 aromatic carbocycles. The van der Waals surface area contributed by atoms with Crippen molar-refractivity contribution < 1.29 is 8.78 Å². The Morgan fingerprint density at radius 2 is 2.11 bits per heavy atom. The molecule has 1 aliphatic rings. The van der Waals surface area contributed by atoms with Crippen LogP contribution in [0.2, 0.25) is 0 Å². The number of benzene rings is 1. The van der Waals surface area contributed by atoms with Crippen LogP contribution in [0.25, 0.3) is 0 Å². The molecule has 1 N–H and O–H groups in total. The number of likely N-dealkylation sites (tertiary alicyclic amines) is 1. The number of halogens is 3. The van der Waals surface area contributed by atoms with Crippen molar-refractivity contribution in [3.63, 3.8) is 0 Å². The second kappa shape index (κ2) is 6.45. The SMILES string of the molecule is CNC1CCN(C(C)c2ccc(F)cc2F)C1.Cl. The molecule has 102 valence electrons. The minimum Gasteiger partial charge on any atom is -0.316 e. The predicted octanol–water partition coefficient (Wildman–Crippen LogP) is 2.74. The Morgan fingerprint density at radius 1 is 1.39 bits per heavy atom. The van der Waals surface area contributed by atoms with Gasteiger partial charge in [0.15, 0.2) is 0 Å². The molecule has 0 saturated carbocycles. The first-order valence-electron chi connectivity index (χ1n) is 5.98. The molecule has 0 bridgehead atoms. The first-order chi connectivity index (χ1) is 8.11. The van der Waals surface area contributed by atoms with Crippen LogP contribution in [0.15, 0.2) is 18.2 Å². The lowest BCUT2D eigenvalue weighted by Crippen LogP contribution is -2.31. The van der Waals surface area contributed by atoms with E-state index in [2.05, 4.69) is 10.2 Å². The lowest BCUT2D eigenvalue weighted by molar-refractivity contribution is 0.251. The van der Waals surface area contributed by atoms with E-state index in [0.717, 1.165) is 25.6 Å². The van der Waals surface area contributed by atoms with Crippen LogP contribution in [0.5, 0.6) is 0 Å². The van der Waals surface area contributed by atoms with Gasteiger partial charge in [-0.1, -0.05) is 6.07 Å². The molecule has 0 spiro atoms. The van der Waals surface area contributed by atoms with Gasteiger partial charge in [0.05, 0.1) is 0 Å². The number of nitrogens with zero attached hydrogens (tertiary/aromatic N) is 1. The Labute approximate surface area is 113 Å². The Balaban J connectivity index is 0.00000162. The predicted molar refractivity (Wildman–Crippen MR) is 71.1 cm³/mol. The standard InChI is InChI=1S/C13H18F2N2.ClH/c1-9(17-6-5-11(8-17)16-2)12-4-3-10(14)7-13(12)15;/h3-4,7,9,11,16H,5-6,8H2,1-2H3;1H. The fourth-order valence-corrected chi connectivity index (χ4v) is 2.41. The number of likely N-dealkylation sites (N-methyl/N-ethyl adjacent to an activating group) is 1. The Kier molecular flexibility index (Phi) is 5.50. The normalized spacial score (nSPS) is 21.7. The van der Waals surface area contributed by atoms with E-state index in [1.54, 1.807) is 6.07 Å². The summed E-state index contributed by atoms with van der Waals surface area (Å²) in [6, 6.07) is 4.29. The molecule has 1 fully saturated rings. The van der Waals surface area contributed by atoms with Gasteiger partial charge in [0, 0.05) is 36.8 Å². The highest BCUT2D eigenvalue weighted by Crippen LogP contribution is 2.26. The monoisotopic (exact) mass is 276 g/mol. The molecule has 5 heteroatoms. The van der Waals surface area contributed by atoms with Gasteiger partial charge in [0.2, 0.25) is 0 Å². The molecule has 1 saturated heterocycles. The molecule has 0 amide bonds. The summed E-state index contributed by atoms with van der Waals surface area (Å²) in [5.74, 6) is -0.974. The number of hydrogen-bond acceptors (Lipinski definition) is 2. The van der Waals surface area contributed by atoms with E-state index >= 15 is 0 Å². The maximum Gasteiger partial charge on any atom is 0.130 e. The molecule has 2 nitrogen and oxygen atoms in total. The summed E-state index contributed by atoms with van der Waals surface area (Å²) in [4.78, 5) is 2.22. The van der Waals surface area contributed by atoms with Crippen LogP contribution in [-0.4, -0.2) is 31.1 Å². The second-order valence-electron chi connectivity index (χ2n) is 4.61. The van der Waals surface area contributed by atoms with Crippen molar-refractivity contribution in [1.82, 2.24) is 10.2 Å². The van der Waals surface area contributed by atoms with E-state index < -0.39 is 11.6 Å². The third-order valence-electron chi connectivity index (χ3n) is 3.59. The summed E-state index contributed by atoms with van der Waals surface area (Å²) in [6.07, 6.45) is 1.07. The van der Waals surface area contributed by atoms with Crippen LogP contribution >= 0.6 is 12.4 Å². The Morgan fingerprint density at radius 3 is 2.67 bits per heavy atom. The quantitative estimate of drug-likeness (QED) is 0.913. The van der Waals surface area contributed by atoms with Crippen molar-refractivity contribution in [2.24, 2.45) is 0 Å². The van der Waals surface area contributed by atoms with Gasteiger partial charge in [-0.2, -0.15) is 0 Å². The minimum atomic E-state index is -0.520. The fourth-order valence-electron chi connectivity index (χ4n) is 2.41. The first-order valence-corrected chi connectivity index (χ1v) is 5.98. The van der Waals surface area contributed by atoms with Gasteiger partial charge in [0.1, 0.15) is 11.6 Å². The van der Waals surface area contributed by atoms with Crippen molar-refractivity contribution in [1.29, 1.82) is 0 Å². The van der Waals surface area contributed by atoms with Crippen molar-refractivity contribution in [3.8, 4) is 0 Å². The largest absolute Gasteiger partial charge is 0.316 e. The summed E-state index contributed by atoms with van der Waals surface area (Å²) in [6.45, 7) is 3.83. The summed E-state index contributed by atoms with van der Waals surface area (Å²) in [5, 5.41) is 3.23. The van der Waals surface area contributed by atoms with Gasteiger partial charge in [-0.15, -0.1) is 12.4 Å². The molecule has 2 rings (SSSR count). The van der Waals surface area contributed by atoms with Crippen LogP contribution in [0.3, 0.4) is 0 Å². The highest BCUT2D eigenvalue weighted by molar-refractivity contribution is 5.85. The third kappa shape index (κ3) is 3.19. The van der Waals surface area contributed by atoms with E-state index in [9.17, 15) is 8.78 Å². The summed E-state index contributed by atoms with van der Waals surface area (Å²) in [7, 11) is 1.94. The molecular weight excluding hydrogens is 258 g/mol. The third-order valence-corrected chi connectivity index (χ3v) is 3.59. The molecule has 2 atom stereocenters. The van der Waals surface area contributed by atoms with Gasteiger partial charge >= 0.3 is 0 Å². The molecule has 0 radical (unpaired) electrons. The van der Waals surface area contributed by atoms with Gasteiger partial charge in [-0.25, -0.2) is 8.78 Å². The maximum atomic E-state index is 13.7. The van der Waals surface area contributed by atoms with Crippen molar-refractivity contribution in [3.05, 3.63) is 35.4 Å². The first kappa shape index (κ1) is 15.3. The highest BCUT2D eigenvalue weighted by atomic mass is 35.5. The van der Waals surface area contributed by atoms with Gasteiger partial charge < -0.3 is 5.32 Å². The van der Waals surface area contributed by atoms with Gasteiger partial charge in [0.25, 0.3) is 0 Å². The van der Waals surface area contributed by atoms with E-state index in [1.165, 1.54) is 6.07 Å². The number of nitrogens with one attached hydrogen (secondary N) is 1. The van der Waals surface area contributed by atoms with Crippen molar-refractivity contribution in [2.45, 2.75) is 25.4 Å². The lowest BCUT2D eigenvalue weighted by atomic mass is 10.1. The van der Waals surface area contributed by atoms with Crippen LogP contribution in [0.1, 0.15) is 24.9 Å². The van der Waals surface area contributed by atoms with Gasteiger partial charge in [-0.3, -0.25) is 4.90 Å². The van der Waals surface area contributed by atoms with Crippen molar-refractivity contribution >= 4 is 12.4 Å². The summed E-state index contributed by atoms with van der Waals surface area (Å²) < 4.78 is 26.5. The number of rotatable bonds is 3. The lowest BCUT2D eigenvalue weighted by Gasteiger charge is -2.25. The van der Waals surface area contributed by atoms with E-state index in [1.807, 2.05) is 14.0 Å². The van der Waals surface area contributed by atoms with E-state index in [0.29, 0.717) is 11.6 Å². The topological polar surface area (TPSA) is 15.3 Å².